The van der Waals surface area contributed by atoms with Gasteiger partial charge in [-0.2, -0.15) is 0 Å². The molecule has 0 aromatic rings. The summed E-state index contributed by atoms with van der Waals surface area (Å²) in [6.07, 6.45) is 1.70. The Morgan fingerprint density at radius 3 is 2.22 bits per heavy atom. The number of aliphatic imine (C=N–C) groups is 2. The molecule has 9 heavy (non-hydrogen) atoms. The molecule has 0 saturated carbocycles. The number of rotatable bonds is 2. The third-order valence-corrected chi connectivity index (χ3v) is 0.759. The van der Waals surface area contributed by atoms with Crippen molar-refractivity contribution in [2.75, 3.05) is 0 Å². The van der Waals surface area contributed by atoms with E-state index in [9.17, 15) is 0 Å². The first-order chi connectivity index (χ1) is 4.16. The molecule has 50 valence electrons. The normalized spacial score (nSPS) is 10.8. The van der Waals surface area contributed by atoms with Crippen molar-refractivity contribution in [2.45, 2.75) is 20.8 Å². The smallest absolute Gasteiger partial charge is 0.0547 e. The van der Waals surface area contributed by atoms with Crippen LogP contribution < -0.4 is 0 Å². The summed E-state index contributed by atoms with van der Waals surface area (Å²) in [7, 11) is 0. The van der Waals surface area contributed by atoms with Crippen LogP contribution in [0.4, 0.5) is 0 Å². The van der Waals surface area contributed by atoms with E-state index in [0.717, 1.165) is 11.4 Å². The van der Waals surface area contributed by atoms with Gasteiger partial charge in [0.05, 0.1) is 5.70 Å². The minimum Gasteiger partial charge on any atom is -0.268 e. The number of nitrogens with zero attached hydrogens (tertiary/aromatic N) is 2. The summed E-state index contributed by atoms with van der Waals surface area (Å²) in [5.74, 6) is 0. The monoisotopic (exact) mass is 124 g/mol. The zero-order valence-corrected chi connectivity index (χ0v) is 6.18. The standard InChI is InChI=1S/C7H12N2/c1-6(2)9-5-7(3)8-4/h5H,4H2,1-3H3/b7-5-. The molecule has 0 aromatic heterocycles. The minimum atomic E-state index is 0.844. The lowest BCUT2D eigenvalue weighted by Crippen LogP contribution is -1.76. The first-order valence-electron chi connectivity index (χ1n) is 2.81. The Hall–Kier alpha value is -0.920. The Bertz CT molecular complexity index is 150. The quantitative estimate of drug-likeness (QED) is 0.503. The summed E-state index contributed by atoms with van der Waals surface area (Å²) in [6, 6.07) is 0. The molecule has 0 heterocycles. The molecule has 0 spiro atoms. The maximum atomic E-state index is 4.02. The maximum Gasteiger partial charge on any atom is 0.0547 e. The van der Waals surface area contributed by atoms with E-state index < -0.39 is 0 Å². The molecule has 0 aromatic carbocycles. The molecular weight excluding hydrogens is 112 g/mol. The molecule has 0 aliphatic carbocycles. The Balaban J connectivity index is 3.98. The molecule has 0 aliphatic rings. The second-order valence-electron chi connectivity index (χ2n) is 2.00. The average Bonchev–Trinajstić information content (AvgIpc) is 1.83. The molecule has 0 radical (unpaired) electrons. The van der Waals surface area contributed by atoms with Crippen LogP contribution in [0.3, 0.4) is 0 Å². The third-order valence-electron chi connectivity index (χ3n) is 0.759. The van der Waals surface area contributed by atoms with Crippen LogP contribution >= 0.6 is 0 Å². The molecule has 0 N–H and O–H groups in total. The molecule has 0 saturated heterocycles. The minimum absolute atomic E-state index is 0.844. The topological polar surface area (TPSA) is 24.7 Å². The first kappa shape index (κ1) is 8.08. The van der Waals surface area contributed by atoms with E-state index in [1.165, 1.54) is 0 Å². The van der Waals surface area contributed by atoms with Gasteiger partial charge in [-0.3, -0.25) is 9.98 Å². The van der Waals surface area contributed by atoms with Crippen LogP contribution in [0.15, 0.2) is 21.9 Å². The van der Waals surface area contributed by atoms with E-state index in [4.69, 9.17) is 0 Å². The van der Waals surface area contributed by atoms with Gasteiger partial charge < -0.3 is 0 Å². The molecule has 0 fully saturated rings. The summed E-state index contributed by atoms with van der Waals surface area (Å²) < 4.78 is 0. The van der Waals surface area contributed by atoms with Gasteiger partial charge in [0, 0.05) is 11.9 Å². The van der Waals surface area contributed by atoms with Gasteiger partial charge in [-0.15, -0.1) is 0 Å². The lowest BCUT2D eigenvalue weighted by molar-refractivity contribution is 1.28. The molecule has 0 aliphatic heterocycles. The van der Waals surface area contributed by atoms with Crippen LogP contribution in [0.5, 0.6) is 0 Å². The second-order valence-corrected chi connectivity index (χ2v) is 2.00. The van der Waals surface area contributed by atoms with Gasteiger partial charge in [-0.1, -0.05) is 0 Å². The van der Waals surface area contributed by atoms with Crippen LogP contribution in [0.25, 0.3) is 0 Å². The van der Waals surface area contributed by atoms with Crippen LogP contribution in [-0.4, -0.2) is 12.4 Å². The molecule has 2 heteroatoms. The lowest BCUT2D eigenvalue weighted by atomic mass is 10.5. The predicted octanol–water partition coefficient (Wildman–Crippen LogP) is 2.03. The lowest BCUT2D eigenvalue weighted by Gasteiger charge is -1.85. The van der Waals surface area contributed by atoms with Crippen molar-refractivity contribution in [3.63, 3.8) is 0 Å². The molecule has 0 atom stereocenters. The van der Waals surface area contributed by atoms with Gasteiger partial charge in [0.15, 0.2) is 0 Å². The zero-order chi connectivity index (χ0) is 7.28. The number of hydrogen-bond acceptors (Lipinski definition) is 2. The average molecular weight is 124 g/mol. The van der Waals surface area contributed by atoms with Crippen LogP contribution in [0.2, 0.25) is 0 Å². The molecule has 0 rings (SSSR count). The van der Waals surface area contributed by atoms with Gasteiger partial charge >= 0.3 is 0 Å². The summed E-state index contributed by atoms with van der Waals surface area (Å²) in [5, 5.41) is 0. The number of allylic oxidation sites excluding steroid dienone is 1. The van der Waals surface area contributed by atoms with Gasteiger partial charge in [-0.05, 0) is 27.5 Å². The first-order valence-corrected chi connectivity index (χ1v) is 2.81. The highest BCUT2D eigenvalue weighted by molar-refractivity contribution is 5.79. The maximum absolute atomic E-state index is 4.02. The van der Waals surface area contributed by atoms with E-state index >= 15 is 0 Å². The highest BCUT2D eigenvalue weighted by Gasteiger charge is 1.76. The van der Waals surface area contributed by atoms with Crippen molar-refractivity contribution in [3.8, 4) is 0 Å². The van der Waals surface area contributed by atoms with Crippen molar-refractivity contribution < 1.29 is 0 Å². The van der Waals surface area contributed by atoms with Crippen molar-refractivity contribution in [2.24, 2.45) is 9.98 Å². The van der Waals surface area contributed by atoms with Crippen LogP contribution in [0, 0.1) is 0 Å². The van der Waals surface area contributed by atoms with E-state index in [0.29, 0.717) is 0 Å². The van der Waals surface area contributed by atoms with Crippen molar-refractivity contribution in [1.82, 2.24) is 0 Å². The Labute approximate surface area is 56.0 Å². The van der Waals surface area contributed by atoms with E-state index in [2.05, 4.69) is 16.7 Å². The molecule has 2 nitrogen and oxygen atoms in total. The van der Waals surface area contributed by atoms with Crippen LogP contribution in [0.1, 0.15) is 20.8 Å². The summed E-state index contributed by atoms with van der Waals surface area (Å²) in [6.45, 7) is 9.09. The van der Waals surface area contributed by atoms with Gasteiger partial charge in [0.2, 0.25) is 0 Å². The Morgan fingerprint density at radius 1 is 1.33 bits per heavy atom. The highest BCUT2D eigenvalue weighted by Crippen LogP contribution is 1.91. The Morgan fingerprint density at radius 2 is 1.89 bits per heavy atom. The predicted molar refractivity (Wildman–Crippen MR) is 42.1 cm³/mol. The molecule has 0 bridgehead atoms. The van der Waals surface area contributed by atoms with Crippen molar-refractivity contribution >= 4 is 12.4 Å². The summed E-state index contributed by atoms with van der Waals surface area (Å²) in [5.41, 5.74) is 1.87. The van der Waals surface area contributed by atoms with E-state index in [1.54, 1.807) is 6.20 Å². The van der Waals surface area contributed by atoms with Crippen molar-refractivity contribution in [1.29, 1.82) is 0 Å². The molecular formula is C7H12N2. The fourth-order valence-corrected chi connectivity index (χ4v) is 0.263. The highest BCUT2D eigenvalue weighted by atomic mass is 14.8. The number of hydrogen-bond donors (Lipinski definition) is 0. The second kappa shape index (κ2) is 4.01. The third kappa shape index (κ3) is 4.94. The Kier molecular flexibility index (Phi) is 3.60. The van der Waals surface area contributed by atoms with Crippen LogP contribution in [-0.2, 0) is 0 Å². The van der Waals surface area contributed by atoms with Gasteiger partial charge in [0.25, 0.3) is 0 Å². The molecule has 0 unspecified atom stereocenters. The molecule has 0 amide bonds. The van der Waals surface area contributed by atoms with E-state index in [-0.39, 0.29) is 0 Å². The van der Waals surface area contributed by atoms with Crippen molar-refractivity contribution in [3.05, 3.63) is 11.9 Å². The van der Waals surface area contributed by atoms with E-state index in [1.807, 2.05) is 20.8 Å². The van der Waals surface area contributed by atoms with Gasteiger partial charge in [0.1, 0.15) is 0 Å². The SMILES string of the molecule is C=N/C(C)=C\N=C(C)C. The summed E-state index contributed by atoms with van der Waals surface area (Å²) in [4.78, 5) is 7.68. The van der Waals surface area contributed by atoms with Gasteiger partial charge in [-0.25, -0.2) is 0 Å². The fourth-order valence-electron chi connectivity index (χ4n) is 0.263. The fraction of sp³-hybridized carbons (Fsp3) is 0.429. The summed E-state index contributed by atoms with van der Waals surface area (Å²) >= 11 is 0. The zero-order valence-electron chi connectivity index (χ0n) is 6.18. The largest absolute Gasteiger partial charge is 0.268 e.